The van der Waals surface area contributed by atoms with Crippen molar-refractivity contribution >= 4 is 26.4 Å². The smallest absolute Gasteiger partial charge is 0.463 e. The molecule has 0 radical (unpaired) electrons. The first kappa shape index (κ1) is 21.6. The summed E-state index contributed by atoms with van der Waals surface area (Å²) in [6.45, 7) is 12.0. The van der Waals surface area contributed by atoms with Gasteiger partial charge in [0.2, 0.25) is 0 Å². The summed E-state index contributed by atoms with van der Waals surface area (Å²) in [4.78, 5) is 11.2. The highest BCUT2D eigenvalue weighted by Gasteiger charge is 2.43. The number of ether oxygens (including phenoxy) is 1. The number of esters is 1. The second kappa shape index (κ2) is 11.2. The minimum atomic E-state index is -2.81. The van der Waals surface area contributed by atoms with Crippen molar-refractivity contribution < 1.29 is 22.8 Å². The van der Waals surface area contributed by atoms with Crippen LogP contribution in [0.15, 0.2) is 11.6 Å². The Morgan fingerprint density at radius 3 is 1.82 bits per heavy atom. The van der Waals surface area contributed by atoms with Crippen LogP contribution in [-0.4, -0.2) is 39.7 Å². The van der Waals surface area contributed by atoms with Crippen LogP contribution < -0.4 is 0 Å². The van der Waals surface area contributed by atoms with Gasteiger partial charge in [-0.1, -0.05) is 11.6 Å². The van der Waals surface area contributed by atoms with Crippen molar-refractivity contribution in [1.29, 1.82) is 0 Å². The third-order valence-corrected chi connectivity index (χ3v) is 5.90. The van der Waals surface area contributed by atoms with E-state index in [1.807, 2.05) is 41.5 Å². The predicted octanol–water partition coefficient (Wildman–Crippen LogP) is 3.89. The molecule has 0 spiro atoms. The van der Waals surface area contributed by atoms with Crippen molar-refractivity contribution in [3.8, 4) is 0 Å². The summed E-state index contributed by atoms with van der Waals surface area (Å²) in [5, 5.41) is 0. The average molecular weight is 353 g/mol. The molecule has 0 rings (SSSR count). The van der Waals surface area contributed by atoms with Crippen LogP contribution in [0.2, 0.25) is 6.04 Å². The van der Waals surface area contributed by atoms with Gasteiger partial charge in [-0.15, -0.1) is 0 Å². The normalized spacial score (nSPS) is 12.8. The maximum Gasteiger partial charge on any atom is 0.501 e. The molecule has 0 aliphatic carbocycles. The molecule has 0 bridgehead atoms. The number of hydrogen-bond acceptors (Lipinski definition) is 5. The second-order valence-electron chi connectivity index (χ2n) is 5.75. The number of rotatable bonds is 11. The molecule has 5 nitrogen and oxygen atoms in total. The molecule has 0 saturated carbocycles. The molecule has 0 aliphatic rings. The summed E-state index contributed by atoms with van der Waals surface area (Å²) in [7, 11) is -2.81. The molecule has 0 unspecified atom stereocenters. The molecular weight excluding hydrogens is 324 g/mol. The van der Waals surface area contributed by atoms with Gasteiger partial charge in [0.1, 0.15) is 0 Å². The van der Waals surface area contributed by atoms with Crippen molar-refractivity contribution in [2.24, 2.45) is 0 Å². The molecule has 0 amide bonds. The Morgan fingerprint density at radius 2 is 1.45 bits per heavy atom. The maximum atomic E-state index is 11.2. The van der Waals surface area contributed by atoms with Crippen LogP contribution in [0.25, 0.3) is 0 Å². The summed E-state index contributed by atoms with van der Waals surface area (Å²) < 4.78 is 23.1. The summed E-state index contributed by atoms with van der Waals surface area (Å²) >= 11 is 5.32. The number of hydrogen-bond donors (Lipinski definition) is 0. The van der Waals surface area contributed by atoms with Crippen LogP contribution in [0.1, 0.15) is 48.0 Å². The molecule has 0 fully saturated rings. The van der Waals surface area contributed by atoms with Gasteiger partial charge in [0.15, 0.2) is 0 Å². The second-order valence-corrected chi connectivity index (χ2v) is 8.57. The maximum absolute atomic E-state index is 11.2. The van der Waals surface area contributed by atoms with E-state index in [-0.39, 0.29) is 24.9 Å². The first-order valence-electron chi connectivity index (χ1n) is 7.67. The van der Waals surface area contributed by atoms with Crippen LogP contribution in [0, 0.1) is 0 Å². The standard InChI is InChI=1S/C15H29ClO5Si/c1-12(2)19-22(20-13(3)4,21-14(5)6)11-7-10-18-15(17)8-9-16/h8-9,12-14H,7,10-11H2,1-6H3. The SMILES string of the molecule is CC(C)O[Si](CCCOC(=O)C=CCl)(OC(C)C)OC(C)C. The lowest BCUT2D eigenvalue weighted by Crippen LogP contribution is -2.50. The Kier molecular flexibility index (Phi) is 11.0. The van der Waals surface area contributed by atoms with Gasteiger partial charge in [0.25, 0.3) is 0 Å². The molecule has 0 N–H and O–H groups in total. The topological polar surface area (TPSA) is 54.0 Å². The van der Waals surface area contributed by atoms with E-state index < -0.39 is 14.8 Å². The summed E-state index contributed by atoms with van der Waals surface area (Å²) in [5.41, 5.74) is 1.13. The van der Waals surface area contributed by atoms with Crippen molar-refractivity contribution in [3.63, 3.8) is 0 Å². The van der Waals surface area contributed by atoms with Gasteiger partial charge in [-0.25, -0.2) is 4.79 Å². The molecule has 0 aromatic rings. The fourth-order valence-electron chi connectivity index (χ4n) is 1.90. The molecule has 0 aromatic carbocycles. The molecule has 0 atom stereocenters. The lowest BCUT2D eigenvalue weighted by atomic mass is 10.5. The van der Waals surface area contributed by atoms with Crippen LogP contribution in [-0.2, 0) is 22.8 Å². The molecule has 22 heavy (non-hydrogen) atoms. The quantitative estimate of drug-likeness (QED) is 0.244. The van der Waals surface area contributed by atoms with Crippen LogP contribution >= 0.6 is 11.6 Å². The van der Waals surface area contributed by atoms with Crippen molar-refractivity contribution in [1.82, 2.24) is 0 Å². The van der Waals surface area contributed by atoms with Gasteiger partial charge >= 0.3 is 14.8 Å². The van der Waals surface area contributed by atoms with Crippen molar-refractivity contribution in [2.45, 2.75) is 72.3 Å². The number of carbonyl (C=O) groups is 1. The molecule has 0 aliphatic heterocycles. The molecule has 0 saturated heterocycles. The third kappa shape index (κ3) is 10.3. The zero-order valence-electron chi connectivity index (χ0n) is 14.4. The molecular formula is C15H29ClO5Si. The summed E-state index contributed by atoms with van der Waals surface area (Å²) in [5.74, 6) is -0.457. The monoisotopic (exact) mass is 352 g/mol. The highest BCUT2D eigenvalue weighted by atomic mass is 35.5. The van der Waals surface area contributed by atoms with Gasteiger partial charge in [-0.05, 0) is 48.0 Å². The molecule has 0 heterocycles. The van der Waals surface area contributed by atoms with Crippen LogP contribution in [0.3, 0.4) is 0 Å². The van der Waals surface area contributed by atoms with E-state index in [1.165, 1.54) is 6.08 Å². The highest BCUT2D eigenvalue weighted by molar-refractivity contribution is 6.60. The predicted molar refractivity (Wildman–Crippen MR) is 89.8 cm³/mol. The van der Waals surface area contributed by atoms with Crippen molar-refractivity contribution in [2.75, 3.05) is 6.61 Å². The number of carbonyl (C=O) groups excluding carboxylic acids is 1. The summed E-state index contributed by atoms with van der Waals surface area (Å²) in [6.07, 6.45) is 1.80. The minimum Gasteiger partial charge on any atom is -0.463 e. The van der Waals surface area contributed by atoms with E-state index in [0.29, 0.717) is 12.5 Å². The van der Waals surface area contributed by atoms with E-state index in [2.05, 4.69) is 0 Å². The molecule has 130 valence electrons. The van der Waals surface area contributed by atoms with E-state index in [9.17, 15) is 4.79 Å². The fraction of sp³-hybridized carbons (Fsp3) is 0.800. The first-order valence-corrected chi connectivity index (χ1v) is 10.0. The Labute approximate surface area is 140 Å². The highest BCUT2D eigenvalue weighted by Crippen LogP contribution is 2.23. The Morgan fingerprint density at radius 1 is 1.00 bits per heavy atom. The molecule has 7 heteroatoms. The lowest BCUT2D eigenvalue weighted by molar-refractivity contribution is -0.137. The van der Waals surface area contributed by atoms with Crippen LogP contribution in [0.5, 0.6) is 0 Å². The summed E-state index contributed by atoms with van der Waals surface area (Å²) in [6, 6.07) is 0.597. The third-order valence-electron chi connectivity index (χ3n) is 2.32. The Balaban J connectivity index is 4.70. The van der Waals surface area contributed by atoms with E-state index in [4.69, 9.17) is 29.6 Å². The lowest BCUT2D eigenvalue weighted by Gasteiger charge is -2.34. The van der Waals surface area contributed by atoms with Gasteiger partial charge < -0.3 is 18.0 Å². The van der Waals surface area contributed by atoms with E-state index in [1.54, 1.807) is 0 Å². The van der Waals surface area contributed by atoms with Gasteiger partial charge in [-0.2, -0.15) is 0 Å². The van der Waals surface area contributed by atoms with Gasteiger partial charge in [-0.3, -0.25) is 0 Å². The van der Waals surface area contributed by atoms with Gasteiger partial charge in [0, 0.05) is 36.0 Å². The number of halogens is 1. The fourth-order valence-corrected chi connectivity index (χ4v) is 5.25. The van der Waals surface area contributed by atoms with Crippen LogP contribution in [0.4, 0.5) is 0 Å². The van der Waals surface area contributed by atoms with Gasteiger partial charge in [0.05, 0.1) is 6.61 Å². The van der Waals surface area contributed by atoms with Crippen molar-refractivity contribution in [3.05, 3.63) is 11.6 Å². The zero-order valence-corrected chi connectivity index (χ0v) is 16.2. The van der Waals surface area contributed by atoms with E-state index in [0.717, 1.165) is 5.54 Å². The van der Waals surface area contributed by atoms with E-state index >= 15 is 0 Å². The minimum absolute atomic E-state index is 0.00546. The molecule has 0 aromatic heterocycles. The first-order chi connectivity index (χ1) is 10.2. The zero-order chi connectivity index (χ0) is 17.2. The Bertz CT molecular complexity index is 318. The Hall–Kier alpha value is -0.403. The average Bonchev–Trinajstić information content (AvgIpc) is 2.32. The largest absolute Gasteiger partial charge is 0.501 e.